The second-order valence-electron chi connectivity index (χ2n) is 18.4. The summed E-state index contributed by atoms with van der Waals surface area (Å²) in [5.74, 6) is 0. The maximum atomic E-state index is 5.04. The molecule has 3 aliphatic carbocycles. The lowest BCUT2D eigenvalue weighted by atomic mass is 9.82. The molecule has 6 aromatic carbocycles. The lowest BCUT2D eigenvalue weighted by Crippen LogP contribution is -2.16. The Bertz CT molecular complexity index is 3020. The van der Waals surface area contributed by atoms with Crippen molar-refractivity contribution in [2.24, 2.45) is 0 Å². The van der Waals surface area contributed by atoms with Gasteiger partial charge >= 0.3 is 0 Å². The zero-order valence-electron chi connectivity index (χ0n) is 38.7. The van der Waals surface area contributed by atoms with Crippen LogP contribution in [0.2, 0.25) is 0 Å². The molecule has 1 nitrogen and oxygen atoms in total. The van der Waals surface area contributed by atoms with Crippen LogP contribution in [0.25, 0.3) is 39.0 Å². The Kier molecular flexibility index (Phi) is 11.6. The summed E-state index contributed by atoms with van der Waals surface area (Å²) in [5, 5.41) is 0. The first-order valence-electron chi connectivity index (χ1n) is 22.8. The molecule has 318 valence electrons. The molecule has 0 fully saturated rings. The number of fused-ring (bicyclic) bond motifs is 4. The van der Waals surface area contributed by atoms with Crippen molar-refractivity contribution in [1.29, 1.82) is 0 Å². The van der Waals surface area contributed by atoms with Crippen LogP contribution < -0.4 is 4.90 Å². The van der Waals surface area contributed by atoms with Crippen molar-refractivity contribution in [2.45, 2.75) is 85.0 Å². The quantitative estimate of drug-likeness (QED) is 0.106. The number of hydrogen-bond acceptors (Lipinski definition) is 2. The number of hydrogen-bond donors (Lipinski definition) is 1. The van der Waals surface area contributed by atoms with Gasteiger partial charge < -0.3 is 4.90 Å². The van der Waals surface area contributed by atoms with E-state index >= 15 is 0 Å². The molecule has 6 aromatic rings. The van der Waals surface area contributed by atoms with E-state index in [2.05, 4.69) is 213 Å². The molecule has 0 N–H and O–H groups in total. The molecule has 64 heavy (non-hydrogen) atoms. The molecular weight excluding hydrogens is 791 g/mol. The summed E-state index contributed by atoms with van der Waals surface area (Å²) in [6, 6.07) is 41.2. The summed E-state index contributed by atoms with van der Waals surface area (Å²) in [4.78, 5) is 3.49. The van der Waals surface area contributed by atoms with Crippen molar-refractivity contribution >= 4 is 46.4 Å². The molecule has 0 saturated heterocycles. The molecule has 0 bridgehead atoms. The molecule has 0 aliphatic heterocycles. The molecular formula is C62H59NS. The van der Waals surface area contributed by atoms with E-state index in [0.29, 0.717) is 0 Å². The predicted octanol–water partition coefficient (Wildman–Crippen LogP) is 17.5. The fourth-order valence-electron chi connectivity index (χ4n) is 10.4. The van der Waals surface area contributed by atoms with Gasteiger partial charge in [0, 0.05) is 27.4 Å². The summed E-state index contributed by atoms with van der Waals surface area (Å²) in [7, 11) is 0. The zero-order valence-corrected chi connectivity index (χ0v) is 39.6. The van der Waals surface area contributed by atoms with Gasteiger partial charge in [-0.25, -0.2) is 0 Å². The van der Waals surface area contributed by atoms with Crippen LogP contribution in [0.15, 0.2) is 180 Å². The molecule has 0 saturated carbocycles. The first-order chi connectivity index (χ1) is 30.9. The van der Waals surface area contributed by atoms with Gasteiger partial charge in [0.1, 0.15) is 0 Å². The molecule has 0 heterocycles. The Labute approximate surface area is 387 Å². The second kappa shape index (κ2) is 17.3. The maximum absolute atomic E-state index is 5.04. The highest BCUT2D eigenvalue weighted by Crippen LogP contribution is 2.51. The van der Waals surface area contributed by atoms with Gasteiger partial charge in [0.25, 0.3) is 0 Å². The molecule has 0 unspecified atom stereocenters. The summed E-state index contributed by atoms with van der Waals surface area (Å²) in [5.41, 5.74) is 28.0. The second-order valence-corrected chi connectivity index (χ2v) is 18.9. The molecule has 0 radical (unpaired) electrons. The fourth-order valence-corrected chi connectivity index (χ4v) is 10.7. The van der Waals surface area contributed by atoms with Gasteiger partial charge in [0.2, 0.25) is 0 Å². The van der Waals surface area contributed by atoms with Gasteiger partial charge in [0.15, 0.2) is 0 Å². The summed E-state index contributed by atoms with van der Waals surface area (Å²) in [6.07, 6.45) is 20.6. The topological polar surface area (TPSA) is 3.24 Å². The van der Waals surface area contributed by atoms with Gasteiger partial charge in [-0.15, -0.1) is 12.6 Å². The van der Waals surface area contributed by atoms with Crippen molar-refractivity contribution in [3.63, 3.8) is 0 Å². The van der Waals surface area contributed by atoms with E-state index in [1.54, 1.807) is 0 Å². The SMILES string of the molecule is C=C\C=C/C=C(C)/C(=C\C1=C(C)Cc2c1cccc2-c1ccc(N(c2ccc(C3=CCCC=C3)cc2)c2ccc3c(c2)C(C)(C)c2ccccc2-3)cc1)c1c(C)c(C)c(C)c(S)c1C. The highest BCUT2D eigenvalue weighted by atomic mass is 32.1. The third-order valence-corrected chi connectivity index (χ3v) is 14.9. The number of nitrogens with zero attached hydrogens (tertiary/aromatic N) is 1. The normalized spacial score (nSPS) is 15.4. The molecule has 9 rings (SSSR count). The average Bonchev–Trinajstić information content (AvgIpc) is 3.76. The van der Waals surface area contributed by atoms with E-state index in [-0.39, 0.29) is 5.41 Å². The van der Waals surface area contributed by atoms with Crippen molar-refractivity contribution in [2.75, 3.05) is 4.90 Å². The summed E-state index contributed by atoms with van der Waals surface area (Å²) < 4.78 is 0. The summed E-state index contributed by atoms with van der Waals surface area (Å²) in [6.45, 7) is 22.0. The predicted molar refractivity (Wildman–Crippen MR) is 280 cm³/mol. The van der Waals surface area contributed by atoms with Crippen LogP contribution in [0.1, 0.15) is 96.2 Å². The third kappa shape index (κ3) is 7.52. The highest BCUT2D eigenvalue weighted by Gasteiger charge is 2.36. The third-order valence-electron chi connectivity index (χ3n) is 14.2. The van der Waals surface area contributed by atoms with E-state index in [1.807, 2.05) is 12.2 Å². The summed E-state index contributed by atoms with van der Waals surface area (Å²) >= 11 is 5.04. The highest BCUT2D eigenvalue weighted by molar-refractivity contribution is 7.80. The van der Waals surface area contributed by atoms with E-state index in [9.17, 15) is 0 Å². The monoisotopic (exact) mass is 849 g/mol. The minimum atomic E-state index is -0.0976. The van der Waals surface area contributed by atoms with Crippen LogP contribution in [0.3, 0.4) is 0 Å². The molecule has 0 aromatic heterocycles. The molecule has 0 atom stereocenters. The van der Waals surface area contributed by atoms with Crippen LogP contribution in [-0.2, 0) is 11.8 Å². The Morgan fingerprint density at radius 2 is 1.31 bits per heavy atom. The van der Waals surface area contributed by atoms with Crippen molar-refractivity contribution < 1.29 is 0 Å². The standard InChI is InChI=1S/C62H59NS/c1-10-11-13-19-39(2)56(60-42(5)41(4)43(6)61(64)44(60)7)38-55-40(3)36-57-51(23-18-24-52(55)57)47-28-32-49(33-29-47)63(48-30-26-46(27-31-48)45-20-14-12-15-21-45)50-34-35-54-53-22-16-17-25-58(53)62(8,9)59(54)37-50/h10-11,13-14,16-35,37-38,64H,1,12,15,36H2,2-9H3/b13-11-,39-19+,56-38+. The van der Waals surface area contributed by atoms with Gasteiger partial charge in [-0.3, -0.25) is 0 Å². The fraction of sp³-hybridized carbons (Fsp3) is 0.194. The largest absolute Gasteiger partial charge is 0.310 e. The maximum Gasteiger partial charge on any atom is 0.0465 e. The smallest absolute Gasteiger partial charge is 0.0465 e. The number of rotatable bonds is 10. The molecule has 2 heteroatoms. The van der Waals surface area contributed by atoms with Crippen molar-refractivity contribution in [3.05, 3.63) is 231 Å². The zero-order chi connectivity index (χ0) is 44.9. The van der Waals surface area contributed by atoms with Gasteiger partial charge in [-0.05, 0) is 203 Å². The number of anilines is 3. The average molecular weight is 850 g/mol. The van der Waals surface area contributed by atoms with Crippen molar-refractivity contribution in [1.82, 2.24) is 0 Å². The number of thiol groups is 1. The Hall–Kier alpha value is -6.35. The Morgan fingerprint density at radius 3 is 2.02 bits per heavy atom. The molecule has 0 spiro atoms. The minimum Gasteiger partial charge on any atom is -0.310 e. The van der Waals surface area contributed by atoms with E-state index < -0.39 is 0 Å². The van der Waals surface area contributed by atoms with Crippen LogP contribution >= 0.6 is 12.6 Å². The van der Waals surface area contributed by atoms with Gasteiger partial charge in [-0.2, -0.15) is 0 Å². The molecule has 0 amide bonds. The van der Waals surface area contributed by atoms with E-state index in [0.717, 1.165) is 41.2 Å². The number of allylic oxidation sites excluding steroid dienone is 13. The lowest BCUT2D eigenvalue weighted by molar-refractivity contribution is 0.660. The Morgan fingerprint density at radius 1 is 0.656 bits per heavy atom. The van der Waals surface area contributed by atoms with E-state index in [1.165, 1.54) is 106 Å². The van der Waals surface area contributed by atoms with Crippen LogP contribution in [0, 0.1) is 27.7 Å². The number of benzene rings is 6. The van der Waals surface area contributed by atoms with E-state index in [4.69, 9.17) is 12.6 Å². The van der Waals surface area contributed by atoms with Crippen LogP contribution in [0.5, 0.6) is 0 Å². The van der Waals surface area contributed by atoms with Crippen LogP contribution in [0.4, 0.5) is 17.1 Å². The lowest BCUT2D eigenvalue weighted by Gasteiger charge is -2.28. The first kappa shape index (κ1) is 42.9. The van der Waals surface area contributed by atoms with Crippen molar-refractivity contribution in [3.8, 4) is 22.3 Å². The Balaban J connectivity index is 1.11. The van der Waals surface area contributed by atoms with Gasteiger partial charge in [-0.1, -0.05) is 141 Å². The first-order valence-corrected chi connectivity index (χ1v) is 23.3. The minimum absolute atomic E-state index is 0.0976. The van der Waals surface area contributed by atoms with Gasteiger partial charge in [0.05, 0.1) is 0 Å². The molecule has 3 aliphatic rings. The van der Waals surface area contributed by atoms with Crippen LogP contribution in [-0.4, -0.2) is 0 Å².